The lowest BCUT2D eigenvalue weighted by Crippen LogP contribution is -2.27. The molecule has 126 valence electrons. The van der Waals surface area contributed by atoms with Gasteiger partial charge in [0.25, 0.3) is 5.69 Å². The van der Waals surface area contributed by atoms with Gasteiger partial charge in [0.1, 0.15) is 10.6 Å². The summed E-state index contributed by atoms with van der Waals surface area (Å²) in [6, 6.07) is 8.46. The van der Waals surface area contributed by atoms with Gasteiger partial charge in [-0.25, -0.2) is 13.4 Å². The van der Waals surface area contributed by atoms with Gasteiger partial charge in [0, 0.05) is 31.3 Å². The summed E-state index contributed by atoms with van der Waals surface area (Å²) < 4.78 is 31.7. The molecule has 2 aromatic rings. The summed E-state index contributed by atoms with van der Waals surface area (Å²) in [5, 5.41) is 10.6. The highest BCUT2D eigenvalue weighted by Gasteiger charge is 2.27. The first kappa shape index (κ1) is 16.3. The van der Waals surface area contributed by atoms with Crippen LogP contribution in [0.5, 0.6) is 11.6 Å². The number of nitrogens with zero attached hydrogens (tertiary/aromatic N) is 3. The van der Waals surface area contributed by atoms with Crippen molar-refractivity contribution in [2.75, 3.05) is 13.1 Å². The molecule has 0 amide bonds. The molecule has 2 heterocycles. The van der Waals surface area contributed by atoms with E-state index in [0.717, 1.165) is 12.8 Å². The second-order valence-electron chi connectivity index (χ2n) is 5.30. The molecule has 9 heteroatoms. The van der Waals surface area contributed by atoms with Gasteiger partial charge in [-0.1, -0.05) is 0 Å². The highest BCUT2D eigenvalue weighted by Crippen LogP contribution is 2.25. The number of non-ortho nitro benzene ring substituents is 1. The number of aromatic nitrogens is 1. The molecule has 1 aromatic heterocycles. The van der Waals surface area contributed by atoms with Gasteiger partial charge >= 0.3 is 0 Å². The lowest BCUT2D eigenvalue weighted by atomic mass is 10.3. The number of benzene rings is 1. The van der Waals surface area contributed by atoms with Crippen molar-refractivity contribution in [3.8, 4) is 11.6 Å². The number of nitro benzene ring substituents is 1. The molecule has 3 rings (SSSR count). The maximum absolute atomic E-state index is 12.4. The summed E-state index contributed by atoms with van der Waals surface area (Å²) in [6.45, 7) is 1.06. The van der Waals surface area contributed by atoms with Gasteiger partial charge in [-0.15, -0.1) is 0 Å². The second-order valence-corrected chi connectivity index (χ2v) is 7.23. The Bertz CT molecular complexity index is 828. The predicted molar refractivity (Wildman–Crippen MR) is 85.4 cm³/mol. The second kappa shape index (κ2) is 6.54. The number of hydrogen-bond donors (Lipinski definition) is 0. The van der Waals surface area contributed by atoms with Crippen LogP contribution < -0.4 is 4.74 Å². The largest absolute Gasteiger partial charge is 0.439 e. The van der Waals surface area contributed by atoms with Gasteiger partial charge in [0.05, 0.1) is 11.1 Å². The fraction of sp³-hybridized carbons (Fsp3) is 0.267. The molecule has 1 aliphatic heterocycles. The lowest BCUT2D eigenvalue weighted by Gasteiger charge is -2.15. The Hall–Kier alpha value is -2.52. The first-order valence-corrected chi connectivity index (χ1v) is 8.79. The Morgan fingerprint density at radius 1 is 1.08 bits per heavy atom. The zero-order chi connectivity index (χ0) is 17.2. The summed E-state index contributed by atoms with van der Waals surface area (Å²) >= 11 is 0. The maximum Gasteiger partial charge on any atom is 0.269 e. The van der Waals surface area contributed by atoms with Gasteiger partial charge in [-0.2, -0.15) is 4.31 Å². The Balaban J connectivity index is 1.73. The molecule has 1 aliphatic rings. The fourth-order valence-electron chi connectivity index (χ4n) is 2.41. The number of sulfonamides is 1. The van der Waals surface area contributed by atoms with Crippen LogP contribution in [0.4, 0.5) is 5.69 Å². The molecule has 0 N–H and O–H groups in total. The summed E-state index contributed by atoms with van der Waals surface area (Å²) in [6.07, 6.45) is 3.00. The smallest absolute Gasteiger partial charge is 0.269 e. The van der Waals surface area contributed by atoms with Crippen molar-refractivity contribution in [1.29, 1.82) is 0 Å². The van der Waals surface area contributed by atoms with E-state index >= 15 is 0 Å². The van der Waals surface area contributed by atoms with Crippen molar-refractivity contribution in [3.63, 3.8) is 0 Å². The van der Waals surface area contributed by atoms with Crippen LogP contribution in [0.15, 0.2) is 47.5 Å². The molecule has 8 nitrogen and oxygen atoms in total. The first-order chi connectivity index (χ1) is 11.5. The summed E-state index contributed by atoms with van der Waals surface area (Å²) in [4.78, 5) is 14.2. The first-order valence-electron chi connectivity index (χ1n) is 7.35. The van der Waals surface area contributed by atoms with E-state index in [4.69, 9.17) is 4.74 Å². The van der Waals surface area contributed by atoms with E-state index < -0.39 is 14.9 Å². The average molecular weight is 349 g/mol. The third kappa shape index (κ3) is 3.36. The standard InChI is InChI=1S/C15H15N3O5S/c19-18(20)12-3-5-13(6-4-12)23-15-8-7-14(11-16-15)24(21,22)17-9-1-2-10-17/h3-8,11H,1-2,9-10H2. The van der Waals surface area contributed by atoms with Crippen LogP contribution in [-0.4, -0.2) is 35.7 Å². The molecule has 1 saturated heterocycles. The fourth-order valence-corrected chi connectivity index (χ4v) is 3.88. The normalized spacial score (nSPS) is 15.3. The average Bonchev–Trinajstić information content (AvgIpc) is 3.11. The Morgan fingerprint density at radius 2 is 1.75 bits per heavy atom. The third-order valence-corrected chi connectivity index (χ3v) is 5.56. The molecule has 0 saturated carbocycles. The Labute approximate surface area is 138 Å². The van der Waals surface area contributed by atoms with E-state index in [1.165, 1.54) is 46.9 Å². The van der Waals surface area contributed by atoms with E-state index in [1.54, 1.807) is 0 Å². The number of nitro groups is 1. The SMILES string of the molecule is O=[N+]([O-])c1ccc(Oc2ccc(S(=O)(=O)N3CCCC3)cn2)cc1. The van der Waals surface area contributed by atoms with Crippen LogP contribution in [0.2, 0.25) is 0 Å². The highest BCUT2D eigenvalue weighted by molar-refractivity contribution is 7.89. The van der Waals surface area contributed by atoms with Crippen LogP contribution in [-0.2, 0) is 10.0 Å². The number of rotatable bonds is 5. The topological polar surface area (TPSA) is 103 Å². The van der Waals surface area contributed by atoms with Crippen molar-refractivity contribution in [2.45, 2.75) is 17.7 Å². The van der Waals surface area contributed by atoms with Crippen LogP contribution >= 0.6 is 0 Å². The highest BCUT2D eigenvalue weighted by atomic mass is 32.2. The van der Waals surface area contributed by atoms with Crippen molar-refractivity contribution >= 4 is 15.7 Å². The van der Waals surface area contributed by atoms with E-state index in [-0.39, 0.29) is 16.5 Å². The van der Waals surface area contributed by atoms with Crippen LogP contribution in [0.1, 0.15) is 12.8 Å². The van der Waals surface area contributed by atoms with Crippen LogP contribution in [0.3, 0.4) is 0 Å². The van der Waals surface area contributed by atoms with Crippen molar-refractivity contribution in [2.24, 2.45) is 0 Å². The van der Waals surface area contributed by atoms with E-state index in [9.17, 15) is 18.5 Å². The molecular weight excluding hydrogens is 334 g/mol. The zero-order valence-corrected chi connectivity index (χ0v) is 13.5. The van der Waals surface area contributed by atoms with Crippen LogP contribution in [0.25, 0.3) is 0 Å². The Morgan fingerprint density at radius 3 is 2.29 bits per heavy atom. The minimum Gasteiger partial charge on any atom is -0.439 e. The summed E-state index contributed by atoms with van der Waals surface area (Å²) in [7, 11) is -3.50. The molecule has 0 bridgehead atoms. The number of hydrogen-bond acceptors (Lipinski definition) is 6. The van der Waals surface area contributed by atoms with Crippen molar-refractivity contribution in [1.82, 2.24) is 9.29 Å². The third-order valence-electron chi connectivity index (χ3n) is 3.68. The molecule has 0 spiro atoms. The molecule has 1 aromatic carbocycles. The van der Waals surface area contributed by atoms with E-state index in [0.29, 0.717) is 18.8 Å². The van der Waals surface area contributed by atoms with E-state index in [2.05, 4.69) is 4.98 Å². The van der Waals surface area contributed by atoms with E-state index in [1.807, 2.05) is 0 Å². The molecular formula is C15H15N3O5S. The van der Waals surface area contributed by atoms with Gasteiger partial charge < -0.3 is 4.74 Å². The minimum absolute atomic E-state index is 0.0395. The van der Waals surface area contributed by atoms with Gasteiger partial charge in [-0.3, -0.25) is 10.1 Å². The van der Waals surface area contributed by atoms with Crippen molar-refractivity contribution < 1.29 is 18.1 Å². The molecule has 24 heavy (non-hydrogen) atoms. The van der Waals surface area contributed by atoms with Gasteiger partial charge in [0.15, 0.2) is 0 Å². The predicted octanol–water partition coefficient (Wildman–Crippen LogP) is 2.57. The zero-order valence-electron chi connectivity index (χ0n) is 12.7. The monoisotopic (exact) mass is 349 g/mol. The van der Waals surface area contributed by atoms with Gasteiger partial charge in [-0.05, 0) is 31.0 Å². The van der Waals surface area contributed by atoms with Crippen LogP contribution in [0, 0.1) is 10.1 Å². The Kier molecular flexibility index (Phi) is 4.45. The summed E-state index contributed by atoms with van der Waals surface area (Å²) in [5.74, 6) is 0.590. The molecule has 0 aliphatic carbocycles. The molecule has 0 radical (unpaired) electrons. The van der Waals surface area contributed by atoms with Gasteiger partial charge in [0.2, 0.25) is 15.9 Å². The quantitative estimate of drug-likeness (QED) is 0.607. The molecule has 0 unspecified atom stereocenters. The lowest BCUT2D eigenvalue weighted by molar-refractivity contribution is -0.384. The minimum atomic E-state index is -3.50. The number of ether oxygens (including phenoxy) is 1. The summed E-state index contributed by atoms with van der Waals surface area (Å²) in [5.41, 5.74) is -0.0395. The number of pyridine rings is 1. The maximum atomic E-state index is 12.4. The van der Waals surface area contributed by atoms with Crippen molar-refractivity contribution in [3.05, 3.63) is 52.7 Å². The molecule has 0 atom stereocenters. The molecule has 1 fully saturated rings.